The van der Waals surface area contributed by atoms with Gasteiger partial charge in [-0.05, 0) is 31.6 Å². The Bertz CT molecular complexity index is 1770. The Hall–Kier alpha value is -1.94. The molecule has 17 nitrogen and oxygen atoms in total. The van der Waals surface area contributed by atoms with E-state index in [0.717, 1.165) is 102 Å². The largest absolute Gasteiger partial charge is 0.472 e. The molecule has 0 fully saturated rings. The predicted molar refractivity (Wildman–Crippen MR) is 372 cm³/mol. The van der Waals surface area contributed by atoms with Gasteiger partial charge in [0.2, 0.25) is 0 Å². The Balaban J connectivity index is 5.13. The number of esters is 4. The SMILES string of the molecule is CCCCCCCCCCCCCCCCCCCCCCCCC(=O)O[C@H](COC(=O)CCCCCCCCC(C)CC)COP(=O)(O)OC[C@@H](O)COP(=O)(O)OC[C@@H](COC(=O)CCCCCCCCCCCC)OC(=O)CCCCCCCCCCCC. The topological polar surface area (TPSA) is 237 Å². The lowest BCUT2D eigenvalue weighted by molar-refractivity contribution is -0.161. The van der Waals surface area contributed by atoms with Gasteiger partial charge in [-0.25, -0.2) is 9.13 Å². The summed E-state index contributed by atoms with van der Waals surface area (Å²) in [6.45, 7) is 7.20. The number of hydrogen-bond donors (Lipinski definition) is 3. The fourth-order valence-corrected chi connectivity index (χ4v) is 12.7. The Morgan fingerprint density at radius 2 is 0.522 bits per heavy atom. The summed E-state index contributed by atoms with van der Waals surface area (Å²) >= 11 is 0. The average molecular weight is 1350 g/mol. The second kappa shape index (κ2) is 66.3. The Kier molecular flexibility index (Phi) is 64.9. The number of aliphatic hydroxyl groups excluding tert-OH is 1. The average Bonchev–Trinajstić information content (AvgIpc) is 2.29. The summed E-state index contributed by atoms with van der Waals surface area (Å²) in [5.41, 5.74) is 0. The summed E-state index contributed by atoms with van der Waals surface area (Å²) in [4.78, 5) is 72.5. The summed E-state index contributed by atoms with van der Waals surface area (Å²) in [6.07, 6.45) is 54.3. The number of carbonyl (C=O) groups excluding carboxylic acids is 4. The van der Waals surface area contributed by atoms with Crippen molar-refractivity contribution in [1.82, 2.24) is 0 Å². The summed E-state index contributed by atoms with van der Waals surface area (Å²) in [7, 11) is -9.90. The van der Waals surface area contributed by atoms with Crippen molar-refractivity contribution in [2.45, 2.75) is 400 Å². The molecule has 3 unspecified atom stereocenters. The number of carbonyl (C=O) groups is 4. The zero-order valence-corrected chi connectivity index (χ0v) is 61.5. The van der Waals surface area contributed by atoms with Crippen LogP contribution < -0.4 is 0 Å². The molecule has 546 valence electrons. The third-order valence-electron chi connectivity index (χ3n) is 17.4. The molecular weight excluding hydrogens is 1210 g/mol. The number of aliphatic hydroxyl groups is 1. The van der Waals surface area contributed by atoms with E-state index >= 15 is 0 Å². The highest BCUT2D eigenvalue weighted by molar-refractivity contribution is 7.47. The van der Waals surface area contributed by atoms with Crippen LogP contribution in [-0.2, 0) is 65.4 Å². The molecule has 3 N–H and O–H groups in total. The van der Waals surface area contributed by atoms with Crippen molar-refractivity contribution in [3.05, 3.63) is 0 Å². The predicted octanol–water partition coefficient (Wildman–Crippen LogP) is 21.3. The van der Waals surface area contributed by atoms with Gasteiger partial charge in [-0.15, -0.1) is 0 Å². The maximum atomic E-state index is 13.0. The molecule has 0 spiro atoms. The standard InChI is InChI=1S/C73H142O17P2/c1-6-10-13-16-19-22-25-26-27-28-29-30-31-32-33-34-35-36-39-42-49-54-59-73(78)90-69(63-84-71(76)57-52-47-44-43-45-50-55-66(5)9-4)65-88-92(81,82)86-61-67(74)60-85-91(79,80)87-64-68(89-72(77)58-53-48-41-38-24-21-18-15-12-8-3)62-83-70(75)56-51-46-40-37-23-20-17-14-11-7-2/h66-69,74H,6-65H2,1-5H3,(H,79,80)(H,81,82)/t66?,67-,68+,69+/m0/s1. The van der Waals surface area contributed by atoms with Gasteiger partial charge in [-0.2, -0.15) is 0 Å². The van der Waals surface area contributed by atoms with Gasteiger partial charge in [0.25, 0.3) is 0 Å². The van der Waals surface area contributed by atoms with E-state index in [1.807, 2.05) is 0 Å². The van der Waals surface area contributed by atoms with Crippen molar-refractivity contribution in [2.24, 2.45) is 5.92 Å². The maximum absolute atomic E-state index is 13.0. The lowest BCUT2D eigenvalue weighted by Gasteiger charge is -2.21. The summed E-state index contributed by atoms with van der Waals surface area (Å²) in [6, 6.07) is 0. The van der Waals surface area contributed by atoms with E-state index in [9.17, 15) is 43.2 Å². The van der Waals surface area contributed by atoms with Gasteiger partial charge >= 0.3 is 39.5 Å². The van der Waals surface area contributed by atoms with Crippen LogP contribution in [-0.4, -0.2) is 96.7 Å². The summed E-state index contributed by atoms with van der Waals surface area (Å²) in [5.74, 6) is -1.39. The quantitative estimate of drug-likeness (QED) is 0.0222. The van der Waals surface area contributed by atoms with Crippen LogP contribution in [0.5, 0.6) is 0 Å². The first-order valence-electron chi connectivity index (χ1n) is 38.2. The van der Waals surface area contributed by atoms with Crippen LogP contribution in [0.2, 0.25) is 0 Å². The van der Waals surface area contributed by atoms with Crippen molar-refractivity contribution < 1.29 is 80.2 Å². The number of unbranched alkanes of at least 4 members (excludes halogenated alkanes) is 44. The van der Waals surface area contributed by atoms with Crippen LogP contribution in [0.4, 0.5) is 0 Å². The van der Waals surface area contributed by atoms with E-state index in [1.165, 1.54) is 199 Å². The zero-order chi connectivity index (χ0) is 67.7. The van der Waals surface area contributed by atoms with Gasteiger partial charge in [-0.1, -0.05) is 330 Å². The molecule has 19 heteroatoms. The molecule has 0 aliphatic rings. The van der Waals surface area contributed by atoms with Crippen LogP contribution in [0.25, 0.3) is 0 Å². The molecule has 0 aromatic rings. The van der Waals surface area contributed by atoms with Gasteiger partial charge in [0.1, 0.15) is 19.3 Å². The first-order valence-corrected chi connectivity index (χ1v) is 41.2. The smallest absolute Gasteiger partial charge is 0.462 e. The molecular formula is C73H142O17P2. The minimum atomic E-state index is -4.95. The fourth-order valence-electron chi connectivity index (χ4n) is 11.1. The van der Waals surface area contributed by atoms with Gasteiger partial charge in [-0.3, -0.25) is 37.3 Å². The normalized spacial score (nSPS) is 14.3. The number of phosphoric ester groups is 2. The van der Waals surface area contributed by atoms with Crippen LogP contribution >= 0.6 is 15.6 Å². The monoisotopic (exact) mass is 1350 g/mol. The Labute approximate surface area is 562 Å². The third kappa shape index (κ3) is 65.4. The Morgan fingerprint density at radius 3 is 0.772 bits per heavy atom. The Morgan fingerprint density at radius 1 is 0.304 bits per heavy atom. The molecule has 0 saturated heterocycles. The van der Waals surface area contributed by atoms with E-state index in [-0.39, 0.29) is 25.7 Å². The van der Waals surface area contributed by atoms with Crippen LogP contribution in [0.3, 0.4) is 0 Å². The van der Waals surface area contributed by atoms with E-state index in [0.29, 0.717) is 25.7 Å². The first kappa shape index (κ1) is 90.1. The molecule has 0 rings (SSSR count). The van der Waals surface area contributed by atoms with Crippen molar-refractivity contribution >= 4 is 39.5 Å². The van der Waals surface area contributed by atoms with E-state index in [4.69, 9.17) is 37.0 Å². The minimum absolute atomic E-state index is 0.107. The lowest BCUT2D eigenvalue weighted by atomic mass is 10.00. The molecule has 0 aromatic carbocycles. The highest BCUT2D eigenvalue weighted by Crippen LogP contribution is 2.45. The highest BCUT2D eigenvalue weighted by atomic mass is 31.2. The van der Waals surface area contributed by atoms with Crippen molar-refractivity contribution in [3.8, 4) is 0 Å². The van der Waals surface area contributed by atoms with E-state index in [1.54, 1.807) is 0 Å². The number of ether oxygens (including phenoxy) is 4. The molecule has 0 aliphatic carbocycles. The van der Waals surface area contributed by atoms with Gasteiger partial charge in [0.15, 0.2) is 12.2 Å². The van der Waals surface area contributed by atoms with Crippen molar-refractivity contribution in [1.29, 1.82) is 0 Å². The van der Waals surface area contributed by atoms with Crippen LogP contribution in [0.15, 0.2) is 0 Å². The maximum Gasteiger partial charge on any atom is 0.472 e. The molecule has 92 heavy (non-hydrogen) atoms. The summed E-state index contributed by atoms with van der Waals surface area (Å²) in [5, 5.41) is 10.6. The second-order valence-electron chi connectivity index (χ2n) is 26.6. The number of phosphoric acid groups is 2. The highest BCUT2D eigenvalue weighted by Gasteiger charge is 2.30. The van der Waals surface area contributed by atoms with E-state index in [2.05, 4.69) is 34.6 Å². The second-order valence-corrected chi connectivity index (χ2v) is 29.5. The molecule has 0 saturated carbocycles. The van der Waals surface area contributed by atoms with E-state index < -0.39 is 97.5 Å². The first-order chi connectivity index (χ1) is 44.6. The molecule has 0 aromatic heterocycles. The van der Waals surface area contributed by atoms with Crippen molar-refractivity contribution in [2.75, 3.05) is 39.6 Å². The van der Waals surface area contributed by atoms with Gasteiger partial charge < -0.3 is 33.8 Å². The molecule has 0 heterocycles. The number of hydrogen-bond acceptors (Lipinski definition) is 15. The molecule has 0 radical (unpaired) electrons. The van der Waals surface area contributed by atoms with Crippen LogP contribution in [0.1, 0.15) is 381 Å². The molecule has 6 atom stereocenters. The minimum Gasteiger partial charge on any atom is -0.462 e. The lowest BCUT2D eigenvalue weighted by Crippen LogP contribution is -2.30. The molecule has 0 amide bonds. The third-order valence-corrected chi connectivity index (χ3v) is 19.3. The van der Waals surface area contributed by atoms with Crippen LogP contribution in [0, 0.1) is 5.92 Å². The molecule has 0 aliphatic heterocycles. The number of rotatable bonds is 73. The van der Waals surface area contributed by atoms with Gasteiger partial charge in [0.05, 0.1) is 26.4 Å². The zero-order valence-electron chi connectivity index (χ0n) is 59.7. The van der Waals surface area contributed by atoms with Crippen molar-refractivity contribution in [3.63, 3.8) is 0 Å². The van der Waals surface area contributed by atoms with Gasteiger partial charge in [0, 0.05) is 25.7 Å². The fraction of sp³-hybridized carbons (Fsp3) is 0.945. The summed E-state index contributed by atoms with van der Waals surface area (Å²) < 4.78 is 68.3. The molecule has 0 bridgehead atoms.